The van der Waals surface area contributed by atoms with Gasteiger partial charge in [0, 0.05) is 31.8 Å². The van der Waals surface area contributed by atoms with Gasteiger partial charge in [0.2, 0.25) is 11.8 Å². The largest absolute Gasteiger partial charge is 0.493 e. The van der Waals surface area contributed by atoms with Gasteiger partial charge in [0.05, 0.1) is 13.0 Å². The van der Waals surface area contributed by atoms with Crippen molar-refractivity contribution < 1.29 is 18.7 Å². The normalized spacial score (nSPS) is 20.8. The zero-order valence-corrected chi connectivity index (χ0v) is 18.2. The number of carbonyl (C=O) groups excluding carboxylic acids is 2. The predicted octanol–water partition coefficient (Wildman–Crippen LogP) is 4.15. The van der Waals surface area contributed by atoms with Gasteiger partial charge in [-0.1, -0.05) is 30.3 Å². The molecule has 2 amide bonds. The molecule has 0 radical (unpaired) electrons. The molecular weight excluding hydrogens is 407 g/mol. The minimum atomic E-state index is -0.291. The van der Waals surface area contributed by atoms with Crippen molar-refractivity contribution in [1.82, 2.24) is 9.80 Å². The molecule has 32 heavy (non-hydrogen) atoms. The van der Waals surface area contributed by atoms with Crippen LogP contribution in [0.5, 0.6) is 5.75 Å². The lowest BCUT2D eigenvalue weighted by Crippen LogP contribution is -2.56. The van der Waals surface area contributed by atoms with Gasteiger partial charge in [0.1, 0.15) is 11.6 Å². The summed E-state index contributed by atoms with van der Waals surface area (Å²) in [6, 6.07) is 15.8. The van der Waals surface area contributed by atoms with Gasteiger partial charge in [0.25, 0.3) is 0 Å². The Morgan fingerprint density at radius 1 is 1.03 bits per heavy atom. The molecule has 4 rings (SSSR count). The standard InChI is InChI=1S/C26H29FN2O3/c27-22-11-8-20(9-12-22)10-13-26(31)29-16-4-5-21-19-28(17-14-24(21)29)25(30)15-18-32-23-6-2-1-3-7-23/h1-3,6-13,21,24H,4-5,14-19H2/b13-10+/t21-,24+/m1/s1. The Labute approximate surface area is 188 Å². The first-order valence-electron chi connectivity index (χ1n) is 11.3. The van der Waals surface area contributed by atoms with Gasteiger partial charge < -0.3 is 14.5 Å². The Morgan fingerprint density at radius 3 is 2.59 bits per heavy atom. The van der Waals surface area contributed by atoms with Gasteiger partial charge in [0.15, 0.2) is 0 Å². The van der Waals surface area contributed by atoms with E-state index in [1.165, 1.54) is 12.1 Å². The highest BCUT2D eigenvalue weighted by molar-refractivity contribution is 5.92. The molecule has 2 aliphatic rings. The first kappa shape index (κ1) is 22.1. The fourth-order valence-corrected chi connectivity index (χ4v) is 4.67. The van der Waals surface area contributed by atoms with Crippen LogP contribution < -0.4 is 4.74 Å². The Bertz CT molecular complexity index is 945. The number of hydrogen-bond donors (Lipinski definition) is 0. The highest BCUT2D eigenvalue weighted by Gasteiger charge is 2.38. The number of nitrogens with zero attached hydrogens (tertiary/aromatic N) is 2. The van der Waals surface area contributed by atoms with E-state index in [9.17, 15) is 14.0 Å². The summed E-state index contributed by atoms with van der Waals surface area (Å²) in [5, 5.41) is 0. The molecule has 168 valence electrons. The highest BCUT2D eigenvalue weighted by Crippen LogP contribution is 2.31. The van der Waals surface area contributed by atoms with Crippen molar-refractivity contribution in [2.24, 2.45) is 5.92 Å². The highest BCUT2D eigenvalue weighted by atomic mass is 19.1. The quantitative estimate of drug-likeness (QED) is 0.640. The maximum atomic E-state index is 13.1. The Morgan fingerprint density at radius 2 is 1.81 bits per heavy atom. The van der Waals surface area contributed by atoms with E-state index in [0.717, 1.165) is 37.1 Å². The third kappa shape index (κ3) is 5.55. The minimum absolute atomic E-state index is 0.0138. The van der Waals surface area contributed by atoms with Gasteiger partial charge in [-0.2, -0.15) is 0 Å². The monoisotopic (exact) mass is 436 g/mol. The molecule has 0 N–H and O–H groups in total. The minimum Gasteiger partial charge on any atom is -0.493 e. The van der Waals surface area contributed by atoms with Crippen molar-refractivity contribution in [2.75, 3.05) is 26.2 Å². The second-order valence-corrected chi connectivity index (χ2v) is 8.43. The summed E-state index contributed by atoms with van der Waals surface area (Å²) in [6.07, 6.45) is 6.43. The van der Waals surface area contributed by atoms with E-state index >= 15 is 0 Å². The number of amides is 2. The molecule has 2 atom stereocenters. The van der Waals surface area contributed by atoms with Crippen LogP contribution in [0, 0.1) is 11.7 Å². The van der Waals surface area contributed by atoms with E-state index in [-0.39, 0.29) is 23.7 Å². The Balaban J connectivity index is 1.29. The van der Waals surface area contributed by atoms with Gasteiger partial charge in [-0.3, -0.25) is 9.59 Å². The van der Waals surface area contributed by atoms with Gasteiger partial charge >= 0.3 is 0 Å². The van der Waals surface area contributed by atoms with E-state index in [4.69, 9.17) is 4.74 Å². The predicted molar refractivity (Wildman–Crippen MR) is 121 cm³/mol. The molecule has 2 saturated heterocycles. The lowest BCUT2D eigenvalue weighted by molar-refractivity contribution is -0.139. The number of benzene rings is 2. The lowest BCUT2D eigenvalue weighted by atomic mass is 9.83. The summed E-state index contributed by atoms with van der Waals surface area (Å²) in [5.41, 5.74) is 0.798. The maximum Gasteiger partial charge on any atom is 0.246 e. The fourth-order valence-electron chi connectivity index (χ4n) is 4.67. The number of halogens is 1. The van der Waals surface area contributed by atoms with Crippen LogP contribution in [0.2, 0.25) is 0 Å². The van der Waals surface area contributed by atoms with Crippen molar-refractivity contribution in [3.63, 3.8) is 0 Å². The van der Waals surface area contributed by atoms with Crippen molar-refractivity contribution in [3.8, 4) is 5.75 Å². The van der Waals surface area contributed by atoms with Crippen LogP contribution >= 0.6 is 0 Å². The topological polar surface area (TPSA) is 49.9 Å². The van der Waals surface area contributed by atoms with Crippen LogP contribution in [0.25, 0.3) is 6.08 Å². The van der Waals surface area contributed by atoms with Gasteiger partial charge in [-0.05, 0) is 61.1 Å². The maximum absolute atomic E-state index is 13.1. The number of para-hydroxylation sites is 1. The van der Waals surface area contributed by atoms with Crippen LogP contribution in [0.1, 0.15) is 31.2 Å². The molecule has 2 aromatic carbocycles. The van der Waals surface area contributed by atoms with Gasteiger partial charge in [-0.25, -0.2) is 4.39 Å². The first-order valence-corrected chi connectivity index (χ1v) is 11.3. The van der Waals surface area contributed by atoms with E-state index in [2.05, 4.69) is 0 Å². The van der Waals surface area contributed by atoms with Crippen LogP contribution in [-0.4, -0.2) is 53.9 Å². The third-order valence-electron chi connectivity index (χ3n) is 6.32. The molecule has 0 unspecified atom stereocenters. The average molecular weight is 437 g/mol. The van der Waals surface area contributed by atoms with Crippen molar-refractivity contribution in [1.29, 1.82) is 0 Å². The molecule has 0 spiro atoms. The summed E-state index contributed by atoms with van der Waals surface area (Å²) < 4.78 is 18.7. The number of likely N-dealkylation sites (tertiary alicyclic amines) is 2. The van der Waals surface area contributed by atoms with E-state index in [1.54, 1.807) is 24.3 Å². The van der Waals surface area contributed by atoms with Crippen LogP contribution in [0.4, 0.5) is 4.39 Å². The number of carbonyl (C=O) groups is 2. The molecule has 2 aliphatic heterocycles. The Kier molecular flexibility index (Phi) is 7.20. The summed E-state index contributed by atoms with van der Waals surface area (Å²) in [7, 11) is 0. The van der Waals surface area contributed by atoms with Crippen molar-refractivity contribution >= 4 is 17.9 Å². The van der Waals surface area contributed by atoms with Crippen LogP contribution in [0.15, 0.2) is 60.7 Å². The third-order valence-corrected chi connectivity index (χ3v) is 6.32. The second kappa shape index (κ2) is 10.4. The molecule has 2 heterocycles. The number of rotatable bonds is 6. The molecule has 0 saturated carbocycles. The fraction of sp³-hybridized carbons (Fsp3) is 0.385. The summed E-state index contributed by atoms with van der Waals surface area (Å²) in [4.78, 5) is 29.4. The van der Waals surface area contributed by atoms with Gasteiger partial charge in [-0.15, -0.1) is 0 Å². The zero-order valence-electron chi connectivity index (χ0n) is 18.2. The molecule has 5 nitrogen and oxygen atoms in total. The summed E-state index contributed by atoms with van der Waals surface area (Å²) in [5.74, 6) is 0.883. The first-order chi connectivity index (χ1) is 15.6. The molecule has 0 bridgehead atoms. The van der Waals surface area contributed by atoms with E-state index in [1.807, 2.05) is 40.1 Å². The number of fused-ring (bicyclic) bond motifs is 1. The average Bonchev–Trinajstić information content (AvgIpc) is 2.83. The lowest BCUT2D eigenvalue weighted by Gasteiger charge is -2.47. The molecular formula is C26H29FN2O3. The molecule has 6 heteroatoms. The van der Waals surface area contributed by atoms with Crippen LogP contribution in [-0.2, 0) is 9.59 Å². The number of hydrogen-bond acceptors (Lipinski definition) is 3. The molecule has 2 aromatic rings. The van der Waals surface area contributed by atoms with Crippen molar-refractivity contribution in [3.05, 3.63) is 72.1 Å². The number of ether oxygens (including phenoxy) is 1. The van der Waals surface area contributed by atoms with E-state index in [0.29, 0.717) is 32.0 Å². The molecule has 0 aromatic heterocycles. The van der Waals surface area contributed by atoms with E-state index < -0.39 is 0 Å². The SMILES string of the molecule is O=C(CCOc1ccccc1)N1CC[C@H]2[C@H](CCCN2C(=O)/C=C/c2ccc(F)cc2)C1. The Hall–Kier alpha value is -3.15. The number of piperidine rings is 2. The van der Waals surface area contributed by atoms with Crippen molar-refractivity contribution in [2.45, 2.75) is 31.7 Å². The summed E-state index contributed by atoms with van der Waals surface area (Å²) in [6.45, 7) is 2.47. The zero-order chi connectivity index (χ0) is 22.3. The second-order valence-electron chi connectivity index (χ2n) is 8.43. The smallest absolute Gasteiger partial charge is 0.246 e. The molecule has 0 aliphatic carbocycles. The van der Waals surface area contributed by atoms with Crippen LogP contribution in [0.3, 0.4) is 0 Å². The summed E-state index contributed by atoms with van der Waals surface area (Å²) >= 11 is 0. The molecule has 2 fully saturated rings.